The van der Waals surface area contributed by atoms with Gasteiger partial charge in [-0.15, -0.1) is 0 Å². The molecule has 27 heavy (non-hydrogen) atoms. The van der Waals surface area contributed by atoms with E-state index in [1.54, 1.807) is 12.5 Å². The molecule has 3 heteroatoms. The molecule has 0 spiro atoms. The van der Waals surface area contributed by atoms with Crippen molar-refractivity contribution in [2.75, 3.05) is 0 Å². The summed E-state index contributed by atoms with van der Waals surface area (Å²) in [6, 6.07) is 0. The summed E-state index contributed by atoms with van der Waals surface area (Å²) in [5.41, 5.74) is 4.51. The van der Waals surface area contributed by atoms with E-state index in [1.807, 2.05) is 0 Å². The molecule has 3 nitrogen and oxygen atoms in total. The Balaban J connectivity index is 1.64. The van der Waals surface area contributed by atoms with Gasteiger partial charge in [-0.2, -0.15) is 0 Å². The fourth-order valence-corrected chi connectivity index (χ4v) is 7.53. The van der Waals surface area contributed by atoms with Crippen LogP contribution in [0.2, 0.25) is 0 Å². The molecular formula is C24H34O3. The Kier molecular flexibility index (Phi) is 4.44. The summed E-state index contributed by atoms with van der Waals surface area (Å²) in [6.45, 7) is 10.4. The molecule has 6 atom stereocenters. The van der Waals surface area contributed by atoms with Crippen LogP contribution >= 0.6 is 0 Å². The first-order chi connectivity index (χ1) is 12.7. The number of allylic oxidation sites excluding steroid dienone is 3. The first kappa shape index (κ1) is 19.0. The normalized spacial score (nSPS) is 43.4. The van der Waals surface area contributed by atoms with Crippen LogP contribution in [0.5, 0.6) is 0 Å². The summed E-state index contributed by atoms with van der Waals surface area (Å²) < 4.78 is 5.58. The molecule has 4 rings (SSSR count). The van der Waals surface area contributed by atoms with E-state index in [4.69, 9.17) is 4.74 Å². The zero-order valence-electron chi connectivity index (χ0n) is 17.6. The lowest BCUT2D eigenvalue weighted by molar-refractivity contribution is -0.148. The topological polar surface area (TPSA) is 43.4 Å². The molecule has 4 aliphatic carbocycles. The van der Waals surface area contributed by atoms with Gasteiger partial charge in [-0.25, -0.2) is 0 Å². The van der Waals surface area contributed by atoms with Crippen LogP contribution in [0, 0.1) is 28.6 Å². The van der Waals surface area contributed by atoms with Crippen LogP contribution in [0.1, 0.15) is 79.6 Å². The third-order valence-corrected chi connectivity index (χ3v) is 8.71. The lowest BCUT2D eigenvalue weighted by Gasteiger charge is -2.58. The van der Waals surface area contributed by atoms with E-state index in [0.29, 0.717) is 17.8 Å². The van der Waals surface area contributed by atoms with Gasteiger partial charge in [0.25, 0.3) is 0 Å². The minimum Gasteiger partial charge on any atom is -0.462 e. The van der Waals surface area contributed by atoms with Gasteiger partial charge in [-0.05, 0) is 86.5 Å². The molecule has 0 aromatic carbocycles. The zero-order valence-corrected chi connectivity index (χ0v) is 17.6. The second kappa shape index (κ2) is 6.32. The van der Waals surface area contributed by atoms with Crippen molar-refractivity contribution in [2.45, 2.75) is 85.7 Å². The number of carbonyl (C=O) groups is 2. The molecular weight excluding hydrogens is 336 g/mol. The number of fused-ring (bicyclic) bond motifs is 5. The highest BCUT2D eigenvalue weighted by atomic mass is 16.5. The molecule has 2 saturated carbocycles. The Labute approximate surface area is 163 Å². The highest BCUT2D eigenvalue weighted by molar-refractivity contribution is 5.95. The van der Waals surface area contributed by atoms with Gasteiger partial charge in [0.15, 0.2) is 5.78 Å². The van der Waals surface area contributed by atoms with Crippen LogP contribution in [-0.2, 0) is 14.3 Å². The quantitative estimate of drug-likeness (QED) is 0.483. The monoisotopic (exact) mass is 370 g/mol. The lowest BCUT2D eigenvalue weighted by Crippen LogP contribution is -2.51. The number of hydrogen-bond acceptors (Lipinski definition) is 3. The van der Waals surface area contributed by atoms with Crippen LogP contribution in [0.3, 0.4) is 0 Å². The number of ether oxygens (including phenoxy) is 1. The summed E-state index contributed by atoms with van der Waals surface area (Å²) in [4.78, 5) is 23.7. The van der Waals surface area contributed by atoms with Crippen molar-refractivity contribution in [3.05, 3.63) is 22.8 Å². The van der Waals surface area contributed by atoms with Gasteiger partial charge in [0.05, 0.1) is 0 Å². The van der Waals surface area contributed by atoms with Crippen LogP contribution in [0.15, 0.2) is 22.8 Å². The van der Waals surface area contributed by atoms with E-state index in [0.717, 1.165) is 44.1 Å². The van der Waals surface area contributed by atoms with Crippen molar-refractivity contribution in [3.8, 4) is 0 Å². The fraction of sp³-hybridized carbons (Fsp3) is 0.750. The predicted octanol–water partition coefficient (Wildman–Crippen LogP) is 5.40. The highest BCUT2D eigenvalue weighted by Crippen LogP contribution is 2.66. The molecule has 0 aromatic rings. The second-order valence-electron chi connectivity index (χ2n) is 10.1. The number of esters is 1. The standard InChI is InChI=1S/C24H34O3/c1-14-12-18-20-7-6-19(15(2)25)23(20,4)11-9-21(18)24(5)10-8-17(13-22(14)24)27-16(3)26/h6,17-18,20-21H,7-13H2,1-5H3/t17-,18+,20+,21+,23-,24-/m1/s1. The van der Waals surface area contributed by atoms with Crippen molar-refractivity contribution in [1.29, 1.82) is 0 Å². The minimum absolute atomic E-state index is 0.0587. The van der Waals surface area contributed by atoms with E-state index in [-0.39, 0.29) is 28.7 Å². The van der Waals surface area contributed by atoms with Crippen LogP contribution in [0.25, 0.3) is 0 Å². The maximum absolute atomic E-state index is 12.2. The van der Waals surface area contributed by atoms with E-state index >= 15 is 0 Å². The molecule has 0 aromatic heterocycles. The smallest absolute Gasteiger partial charge is 0.302 e. The zero-order chi connectivity index (χ0) is 19.6. The van der Waals surface area contributed by atoms with Crippen molar-refractivity contribution in [2.24, 2.45) is 28.6 Å². The Morgan fingerprint density at radius 1 is 1.04 bits per heavy atom. The molecule has 0 bridgehead atoms. The summed E-state index contributed by atoms with van der Waals surface area (Å²) >= 11 is 0. The van der Waals surface area contributed by atoms with Gasteiger partial charge in [0, 0.05) is 13.3 Å². The minimum atomic E-state index is -0.155. The molecule has 0 unspecified atom stereocenters. The average Bonchev–Trinajstić information content (AvgIpc) is 2.93. The van der Waals surface area contributed by atoms with Crippen LogP contribution < -0.4 is 0 Å². The molecule has 4 aliphatic rings. The lowest BCUT2D eigenvalue weighted by atomic mass is 9.46. The first-order valence-corrected chi connectivity index (χ1v) is 10.7. The molecule has 0 N–H and O–H groups in total. The second-order valence-corrected chi connectivity index (χ2v) is 10.1. The Bertz CT molecular complexity index is 745. The van der Waals surface area contributed by atoms with E-state index in [2.05, 4.69) is 26.8 Å². The molecule has 0 saturated heterocycles. The Hall–Kier alpha value is -1.38. The van der Waals surface area contributed by atoms with Crippen molar-refractivity contribution in [1.82, 2.24) is 0 Å². The molecule has 0 amide bonds. The third kappa shape index (κ3) is 2.76. The van der Waals surface area contributed by atoms with Gasteiger partial charge in [0.1, 0.15) is 6.10 Å². The number of rotatable bonds is 2. The summed E-state index contributed by atoms with van der Waals surface area (Å²) in [5.74, 6) is 2.10. The maximum Gasteiger partial charge on any atom is 0.302 e. The molecule has 148 valence electrons. The molecule has 0 heterocycles. The first-order valence-electron chi connectivity index (χ1n) is 10.7. The van der Waals surface area contributed by atoms with Crippen molar-refractivity contribution in [3.63, 3.8) is 0 Å². The Morgan fingerprint density at radius 3 is 2.41 bits per heavy atom. The third-order valence-electron chi connectivity index (χ3n) is 8.71. The summed E-state index contributed by atoms with van der Waals surface area (Å²) in [5, 5.41) is 0. The van der Waals surface area contributed by atoms with Gasteiger partial charge >= 0.3 is 5.97 Å². The SMILES string of the molecule is CC(=O)O[C@@H]1CC[C@@]2(C)C(=C(C)C[C@@H]3[C@@H]2CC[C@]2(C)C(C(C)=O)=CC[C@@H]32)C1. The number of ketones is 1. The number of Topliss-reactive ketones (excluding diaryl/α,β-unsaturated/α-hetero) is 1. The average molecular weight is 371 g/mol. The van der Waals surface area contributed by atoms with Gasteiger partial charge < -0.3 is 4.74 Å². The largest absolute Gasteiger partial charge is 0.462 e. The summed E-state index contributed by atoms with van der Waals surface area (Å²) in [7, 11) is 0. The van der Waals surface area contributed by atoms with Crippen LogP contribution in [-0.4, -0.2) is 17.9 Å². The van der Waals surface area contributed by atoms with Gasteiger partial charge in [0.2, 0.25) is 0 Å². The van der Waals surface area contributed by atoms with Gasteiger partial charge in [-0.1, -0.05) is 31.1 Å². The van der Waals surface area contributed by atoms with Crippen molar-refractivity contribution < 1.29 is 14.3 Å². The van der Waals surface area contributed by atoms with Crippen LogP contribution in [0.4, 0.5) is 0 Å². The fourth-order valence-electron chi connectivity index (χ4n) is 7.53. The van der Waals surface area contributed by atoms with E-state index in [9.17, 15) is 9.59 Å². The van der Waals surface area contributed by atoms with Gasteiger partial charge in [-0.3, -0.25) is 9.59 Å². The maximum atomic E-state index is 12.2. The molecule has 2 fully saturated rings. The number of hydrogen-bond donors (Lipinski definition) is 0. The molecule has 0 aliphatic heterocycles. The Morgan fingerprint density at radius 2 is 1.74 bits per heavy atom. The summed E-state index contributed by atoms with van der Waals surface area (Å²) in [6.07, 6.45) is 9.91. The molecule has 0 radical (unpaired) electrons. The predicted molar refractivity (Wildman–Crippen MR) is 106 cm³/mol. The van der Waals surface area contributed by atoms with Crippen molar-refractivity contribution >= 4 is 11.8 Å². The van der Waals surface area contributed by atoms with E-state index < -0.39 is 0 Å². The highest BCUT2D eigenvalue weighted by Gasteiger charge is 2.58. The van der Waals surface area contributed by atoms with E-state index in [1.165, 1.54) is 18.9 Å². The number of carbonyl (C=O) groups excluding carboxylic acids is 2.